The van der Waals surface area contributed by atoms with E-state index in [0.29, 0.717) is 0 Å². The number of carboxylic acid groups (broad SMARTS) is 1. The van der Waals surface area contributed by atoms with Crippen molar-refractivity contribution in [3.05, 3.63) is 115 Å². The number of phenols is 4. The second kappa shape index (κ2) is 33.0. The maximum absolute atomic E-state index is 13.8. The second-order valence-corrected chi connectivity index (χ2v) is 18.8. The number of phenolic OH excluding ortho intramolecular Hbond substituents is 4. The van der Waals surface area contributed by atoms with Crippen molar-refractivity contribution in [2.45, 2.75) is 6.42 Å². The third-order valence-corrected chi connectivity index (χ3v) is 13.2. The molecule has 4 aromatic carbocycles. The van der Waals surface area contributed by atoms with Gasteiger partial charge in [0.05, 0.1) is 50.9 Å². The number of amides is 12. The van der Waals surface area contributed by atoms with Crippen LogP contribution in [0.4, 0.5) is 0 Å². The third-order valence-electron chi connectivity index (χ3n) is 13.2. The Bertz CT molecular complexity index is 3290. The molecule has 12 amide bonds. The predicted octanol–water partition coefficient (Wildman–Crippen LogP) is -3.15. The van der Waals surface area contributed by atoms with Gasteiger partial charge in [0.15, 0.2) is 0 Å². The van der Waals surface area contributed by atoms with Gasteiger partial charge in [0, 0.05) is 144 Å². The van der Waals surface area contributed by atoms with Crippen LogP contribution < -0.4 is 63.8 Å². The number of nitrogens with one attached hydrogen (secondary N) is 12. The Labute approximate surface area is 502 Å². The minimum absolute atomic E-state index is 0.0127. The first-order valence-electron chi connectivity index (χ1n) is 26.9. The van der Waals surface area contributed by atoms with Gasteiger partial charge in [0.2, 0.25) is 0 Å². The van der Waals surface area contributed by atoms with E-state index in [4.69, 9.17) is 5.11 Å². The summed E-state index contributed by atoms with van der Waals surface area (Å²) in [4.78, 5) is 172. The van der Waals surface area contributed by atoms with Crippen molar-refractivity contribution < 1.29 is 87.9 Å². The van der Waals surface area contributed by atoms with Crippen LogP contribution in [0.5, 0.6) is 23.0 Å². The molecule has 0 aliphatic carbocycles. The zero-order valence-corrected chi connectivity index (χ0v) is 49.0. The molecule has 0 aromatic heterocycles. The van der Waals surface area contributed by atoms with Crippen LogP contribution in [0, 0.1) is 0 Å². The molecule has 4 rings (SSSR count). The molecule has 88 heavy (non-hydrogen) atoms. The summed E-state index contributed by atoms with van der Waals surface area (Å²) in [5, 5.41) is 82.6. The fourth-order valence-electron chi connectivity index (χ4n) is 8.45. The lowest BCUT2D eigenvalue weighted by Gasteiger charge is -2.28. The molecule has 0 unspecified atom stereocenters. The number of nitrogens with zero attached hydrogens (tertiary/aromatic N) is 2. The van der Waals surface area contributed by atoms with E-state index >= 15 is 0 Å². The topological polar surface area (TPSA) is 474 Å². The highest BCUT2D eigenvalue weighted by molar-refractivity contribution is 6.11. The lowest BCUT2D eigenvalue weighted by molar-refractivity contribution is -0.136. The van der Waals surface area contributed by atoms with E-state index in [9.17, 15) is 82.8 Å². The van der Waals surface area contributed by atoms with Crippen molar-refractivity contribution in [2.75, 3.05) is 121 Å². The summed E-state index contributed by atoms with van der Waals surface area (Å²) >= 11 is 0. The first kappa shape index (κ1) is 69.6. The van der Waals surface area contributed by atoms with E-state index in [0.717, 1.165) is 48.5 Å². The average Bonchev–Trinajstić information content (AvgIpc) is 2.29. The third kappa shape index (κ3) is 18.3. The highest BCUT2D eigenvalue weighted by Gasteiger charge is 2.27. The highest BCUT2D eigenvalue weighted by Crippen LogP contribution is 2.29. The maximum Gasteiger partial charge on any atom is 0.305 e. The first-order chi connectivity index (χ1) is 41.8. The zero-order chi connectivity index (χ0) is 65.5. The SMILES string of the molecule is CNC(=O)c1cc(C(=O)NC)c(O)c(C(=O)NCCN(CCNC(=O)c2cc(C(=O)NC)cc(C(=O)NC)c2O)CCN(CCNC(=O)c2cc(C(=O)NC)cc(C(=O)NC)c2O)CCNC(=O)c2cc(C(=O)NCCC(=O)O)cc(C(=O)NC)c2O)c1. The van der Waals surface area contributed by atoms with Crippen LogP contribution in [0.3, 0.4) is 0 Å². The monoisotopic (exact) mass is 1230 g/mol. The smallest absolute Gasteiger partial charge is 0.305 e. The van der Waals surface area contributed by atoms with Crippen LogP contribution in [-0.2, 0) is 4.79 Å². The van der Waals surface area contributed by atoms with Gasteiger partial charge in [-0.2, -0.15) is 0 Å². The molecule has 32 nitrogen and oxygen atoms in total. The zero-order valence-electron chi connectivity index (χ0n) is 49.0. The fraction of sp³-hybridized carbons (Fsp3) is 0.339. The normalized spacial score (nSPS) is 10.6. The lowest BCUT2D eigenvalue weighted by Crippen LogP contribution is -2.46. The Morgan fingerprint density at radius 2 is 0.477 bits per heavy atom. The van der Waals surface area contributed by atoms with E-state index < -0.39 is 134 Å². The average molecular weight is 1230 g/mol. The molecule has 0 aliphatic heterocycles. The molecule has 0 saturated heterocycles. The summed E-state index contributed by atoms with van der Waals surface area (Å²) in [7, 11) is 8.98. The van der Waals surface area contributed by atoms with E-state index in [2.05, 4.69) is 63.8 Å². The van der Waals surface area contributed by atoms with Gasteiger partial charge in [-0.25, -0.2) is 0 Å². The number of carbonyl (C=O) groups excluding carboxylic acids is 12. The molecule has 0 atom stereocenters. The molecule has 0 radical (unpaired) electrons. The van der Waals surface area contributed by atoms with Crippen molar-refractivity contribution in [1.82, 2.24) is 73.6 Å². The Hall–Kier alpha value is -10.9. The second-order valence-electron chi connectivity index (χ2n) is 18.8. The minimum Gasteiger partial charge on any atom is -0.506 e. The van der Waals surface area contributed by atoms with Gasteiger partial charge in [0.1, 0.15) is 23.0 Å². The van der Waals surface area contributed by atoms with E-state index in [1.807, 2.05) is 0 Å². The molecule has 472 valence electrons. The number of benzene rings is 4. The standard InChI is InChI=1S/C56H70N14O18/c1-57-45(77)28-20-32(49(81)60-4)41(73)36(23-28)53(85)65-10-14-69(15-11-66-54(86)37-24-29(46(78)58-2)21-33(42(37)74)50(82)61-5)18-19-70(16-12-67-55(87)38-25-30(47(79)59-3)22-34(43(38)75)51(83)62-6)17-13-68-56(88)39-27-31(48(80)64-9-8-40(71)72)26-35(44(39)76)52(84)63-7/h20-27,73-76H,8-19H2,1-7H3,(H,57,77)(H,58,78)(H,59,79)(H,60,81)(H,61,82)(H,62,83)(H,63,84)(H,64,80)(H,65,85)(H,66,86)(H,67,87)(H,68,88)(H,71,72). The van der Waals surface area contributed by atoms with Crippen molar-refractivity contribution in [3.8, 4) is 23.0 Å². The number of carboxylic acids is 1. The van der Waals surface area contributed by atoms with Crippen molar-refractivity contribution in [1.29, 1.82) is 0 Å². The number of aromatic hydroxyl groups is 4. The summed E-state index contributed by atoms with van der Waals surface area (Å²) in [6, 6.07) is 8.48. The van der Waals surface area contributed by atoms with Crippen molar-refractivity contribution >= 4 is 76.9 Å². The highest BCUT2D eigenvalue weighted by atomic mass is 16.4. The molecule has 17 N–H and O–H groups in total. The quantitative estimate of drug-likeness (QED) is 0.0245. The Morgan fingerprint density at radius 3 is 0.682 bits per heavy atom. The number of carbonyl (C=O) groups is 13. The van der Waals surface area contributed by atoms with Crippen molar-refractivity contribution in [2.24, 2.45) is 0 Å². The molecule has 4 aromatic rings. The van der Waals surface area contributed by atoms with Gasteiger partial charge < -0.3 is 89.3 Å². The summed E-state index contributed by atoms with van der Waals surface area (Å²) in [6.45, 7) is -1.43. The summed E-state index contributed by atoms with van der Waals surface area (Å²) in [5.74, 6) is -14.2. The van der Waals surface area contributed by atoms with E-state index in [-0.39, 0.29) is 111 Å². The molecule has 0 heterocycles. The maximum atomic E-state index is 13.8. The van der Waals surface area contributed by atoms with Gasteiger partial charge in [-0.15, -0.1) is 0 Å². The first-order valence-corrected chi connectivity index (χ1v) is 26.9. The molecule has 0 bridgehead atoms. The number of aliphatic carboxylic acids is 1. The molecular weight excluding hydrogens is 1160 g/mol. The Balaban J connectivity index is 1.72. The molecule has 0 aliphatic rings. The molecule has 32 heteroatoms. The van der Waals surface area contributed by atoms with Crippen LogP contribution in [0.25, 0.3) is 0 Å². The predicted molar refractivity (Wildman–Crippen MR) is 313 cm³/mol. The van der Waals surface area contributed by atoms with Gasteiger partial charge in [-0.05, 0) is 48.5 Å². The van der Waals surface area contributed by atoms with Gasteiger partial charge in [0.25, 0.3) is 70.9 Å². The molecule has 0 saturated carbocycles. The minimum atomic E-state index is -1.22. The van der Waals surface area contributed by atoms with Crippen LogP contribution in [0.2, 0.25) is 0 Å². The molecule has 0 spiro atoms. The Kier molecular flexibility index (Phi) is 26.1. The summed E-state index contributed by atoms with van der Waals surface area (Å²) in [6.07, 6.45) is -0.454. The number of rotatable bonds is 30. The van der Waals surface area contributed by atoms with Gasteiger partial charge in [-0.3, -0.25) is 72.1 Å². The van der Waals surface area contributed by atoms with Gasteiger partial charge in [-0.1, -0.05) is 0 Å². The largest absolute Gasteiger partial charge is 0.506 e. The van der Waals surface area contributed by atoms with Crippen molar-refractivity contribution in [3.63, 3.8) is 0 Å². The lowest BCUT2D eigenvalue weighted by atomic mass is 10.0. The van der Waals surface area contributed by atoms with Crippen LogP contribution in [0.15, 0.2) is 48.5 Å². The van der Waals surface area contributed by atoms with E-state index in [1.54, 1.807) is 9.80 Å². The number of hydrogen-bond donors (Lipinski definition) is 17. The summed E-state index contributed by atoms with van der Waals surface area (Å²) in [5.41, 5.74) is -4.16. The Morgan fingerprint density at radius 1 is 0.284 bits per heavy atom. The fourth-order valence-corrected chi connectivity index (χ4v) is 8.45. The van der Waals surface area contributed by atoms with E-state index in [1.165, 1.54) is 49.3 Å². The van der Waals surface area contributed by atoms with Crippen LogP contribution >= 0.6 is 0 Å². The number of hydrogen-bond acceptors (Lipinski definition) is 19. The van der Waals surface area contributed by atoms with Crippen LogP contribution in [-0.4, -0.2) is 234 Å². The molecule has 0 fully saturated rings. The summed E-state index contributed by atoms with van der Waals surface area (Å²) < 4.78 is 0. The molecular formula is C56H70N14O18. The van der Waals surface area contributed by atoms with Crippen LogP contribution in [0.1, 0.15) is 131 Å². The van der Waals surface area contributed by atoms with Gasteiger partial charge >= 0.3 is 5.97 Å².